The lowest BCUT2D eigenvalue weighted by molar-refractivity contribution is -0.133. The average molecular weight is 286 g/mol. The van der Waals surface area contributed by atoms with E-state index in [4.69, 9.17) is 0 Å². The molecule has 1 N–H and O–H groups in total. The summed E-state index contributed by atoms with van der Waals surface area (Å²) in [6.07, 6.45) is 3.56. The van der Waals surface area contributed by atoms with Crippen molar-refractivity contribution in [3.63, 3.8) is 0 Å². The minimum absolute atomic E-state index is 0.0430. The summed E-state index contributed by atoms with van der Waals surface area (Å²) in [4.78, 5) is 15.0. The van der Waals surface area contributed by atoms with Gasteiger partial charge in [-0.2, -0.15) is 0 Å². The number of amides is 1. The third kappa shape index (κ3) is 2.71. The molecule has 0 bridgehead atoms. The molecule has 3 heteroatoms. The predicted octanol–water partition coefficient (Wildman–Crippen LogP) is 3.33. The fourth-order valence-electron chi connectivity index (χ4n) is 3.80. The maximum absolute atomic E-state index is 12.9. The number of nitrogens with zero attached hydrogens (tertiary/aromatic N) is 1. The highest BCUT2D eigenvalue weighted by atomic mass is 16.2. The van der Waals surface area contributed by atoms with E-state index in [-0.39, 0.29) is 18.1 Å². The van der Waals surface area contributed by atoms with Crippen LogP contribution in [0.1, 0.15) is 51.8 Å². The first-order valence-corrected chi connectivity index (χ1v) is 8.21. The van der Waals surface area contributed by atoms with Crippen LogP contribution in [-0.2, 0) is 4.79 Å². The van der Waals surface area contributed by atoms with Crippen molar-refractivity contribution in [2.75, 3.05) is 0 Å². The van der Waals surface area contributed by atoms with Gasteiger partial charge in [0.2, 0.25) is 5.91 Å². The van der Waals surface area contributed by atoms with Crippen LogP contribution in [0.15, 0.2) is 30.3 Å². The van der Waals surface area contributed by atoms with Crippen molar-refractivity contribution >= 4 is 5.91 Å². The molecular weight excluding hydrogens is 260 g/mol. The molecule has 1 heterocycles. The van der Waals surface area contributed by atoms with Crippen LogP contribution in [0.2, 0.25) is 0 Å². The second-order valence-corrected chi connectivity index (χ2v) is 7.02. The molecule has 0 radical (unpaired) electrons. The summed E-state index contributed by atoms with van der Waals surface area (Å²) in [6.45, 7) is 6.54. The number of rotatable bonds is 3. The molecule has 4 atom stereocenters. The minimum atomic E-state index is -0.0499. The smallest absolute Gasteiger partial charge is 0.241 e. The lowest BCUT2D eigenvalue weighted by Crippen LogP contribution is -2.39. The molecule has 1 saturated carbocycles. The van der Waals surface area contributed by atoms with Gasteiger partial charge in [0.1, 0.15) is 6.17 Å². The monoisotopic (exact) mass is 286 g/mol. The highest BCUT2D eigenvalue weighted by molar-refractivity contribution is 5.85. The van der Waals surface area contributed by atoms with E-state index in [1.165, 1.54) is 12.0 Å². The molecule has 1 saturated heterocycles. The van der Waals surface area contributed by atoms with Gasteiger partial charge in [0.05, 0.1) is 6.04 Å². The Morgan fingerprint density at radius 2 is 1.90 bits per heavy atom. The highest BCUT2D eigenvalue weighted by Crippen LogP contribution is 2.37. The van der Waals surface area contributed by atoms with Crippen molar-refractivity contribution in [3.05, 3.63) is 35.9 Å². The van der Waals surface area contributed by atoms with Crippen LogP contribution in [-0.4, -0.2) is 22.9 Å². The first-order chi connectivity index (χ1) is 10.1. The largest absolute Gasteiger partial charge is 0.319 e. The molecule has 0 spiro atoms. The average Bonchev–Trinajstić information content (AvgIpc) is 3.03. The summed E-state index contributed by atoms with van der Waals surface area (Å²) in [5.74, 6) is 1.35. The summed E-state index contributed by atoms with van der Waals surface area (Å²) >= 11 is 0. The van der Waals surface area contributed by atoms with E-state index in [1.54, 1.807) is 0 Å². The highest BCUT2D eigenvalue weighted by Gasteiger charge is 2.45. The van der Waals surface area contributed by atoms with E-state index in [0.717, 1.165) is 18.8 Å². The molecule has 3 rings (SSSR count). The van der Waals surface area contributed by atoms with Crippen molar-refractivity contribution in [3.8, 4) is 0 Å². The quantitative estimate of drug-likeness (QED) is 0.924. The van der Waals surface area contributed by atoms with Crippen molar-refractivity contribution in [2.24, 2.45) is 11.8 Å². The van der Waals surface area contributed by atoms with Crippen LogP contribution in [0, 0.1) is 11.8 Å². The van der Waals surface area contributed by atoms with E-state index in [0.29, 0.717) is 12.0 Å². The number of nitrogens with one attached hydrogen (secondary N) is 1. The normalized spacial score (nSPS) is 33.1. The summed E-state index contributed by atoms with van der Waals surface area (Å²) in [7, 11) is 0. The SMILES string of the molecule is CC1CCC(N2C(=O)C(C(C)C)NC2c2ccccc2)C1. The van der Waals surface area contributed by atoms with E-state index < -0.39 is 0 Å². The van der Waals surface area contributed by atoms with E-state index in [9.17, 15) is 4.79 Å². The molecule has 1 aliphatic carbocycles. The van der Waals surface area contributed by atoms with Crippen LogP contribution in [0.4, 0.5) is 0 Å². The Balaban J connectivity index is 1.90. The molecule has 3 nitrogen and oxygen atoms in total. The zero-order chi connectivity index (χ0) is 15.0. The van der Waals surface area contributed by atoms with Crippen LogP contribution in [0.25, 0.3) is 0 Å². The molecule has 2 aliphatic rings. The second-order valence-electron chi connectivity index (χ2n) is 7.02. The number of hydrogen-bond donors (Lipinski definition) is 1. The fraction of sp³-hybridized carbons (Fsp3) is 0.611. The fourth-order valence-corrected chi connectivity index (χ4v) is 3.80. The molecule has 1 amide bonds. The Morgan fingerprint density at radius 3 is 2.48 bits per heavy atom. The Labute approximate surface area is 127 Å². The summed E-state index contributed by atoms with van der Waals surface area (Å²) < 4.78 is 0. The molecule has 1 aliphatic heterocycles. The van der Waals surface area contributed by atoms with Gasteiger partial charge in [0.25, 0.3) is 0 Å². The van der Waals surface area contributed by atoms with Crippen LogP contribution in [0.5, 0.6) is 0 Å². The van der Waals surface area contributed by atoms with Gasteiger partial charge in [-0.05, 0) is 36.7 Å². The Hall–Kier alpha value is -1.35. The van der Waals surface area contributed by atoms with E-state index >= 15 is 0 Å². The van der Waals surface area contributed by atoms with Crippen LogP contribution >= 0.6 is 0 Å². The second kappa shape index (κ2) is 5.80. The Morgan fingerprint density at radius 1 is 1.19 bits per heavy atom. The topological polar surface area (TPSA) is 32.3 Å². The van der Waals surface area contributed by atoms with Gasteiger partial charge in [-0.1, -0.05) is 51.1 Å². The van der Waals surface area contributed by atoms with Crippen molar-refractivity contribution in [1.82, 2.24) is 10.2 Å². The van der Waals surface area contributed by atoms with Crippen LogP contribution < -0.4 is 5.32 Å². The number of benzene rings is 1. The molecule has 1 aromatic carbocycles. The molecule has 1 aromatic rings. The summed E-state index contributed by atoms with van der Waals surface area (Å²) in [5, 5.41) is 3.57. The third-order valence-electron chi connectivity index (χ3n) is 4.98. The van der Waals surface area contributed by atoms with Crippen molar-refractivity contribution < 1.29 is 4.79 Å². The van der Waals surface area contributed by atoms with Gasteiger partial charge >= 0.3 is 0 Å². The first kappa shape index (κ1) is 14.6. The maximum Gasteiger partial charge on any atom is 0.241 e. The first-order valence-electron chi connectivity index (χ1n) is 8.21. The third-order valence-corrected chi connectivity index (χ3v) is 4.98. The van der Waals surface area contributed by atoms with Gasteiger partial charge in [-0.25, -0.2) is 0 Å². The Bertz CT molecular complexity index is 499. The predicted molar refractivity (Wildman–Crippen MR) is 84.6 cm³/mol. The zero-order valence-electron chi connectivity index (χ0n) is 13.3. The maximum atomic E-state index is 12.9. The standard InChI is InChI=1S/C18H26N2O/c1-12(2)16-18(21)20(15-10-9-13(3)11-15)17(19-16)14-7-5-4-6-8-14/h4-8,12-13,15-17,19H,9-11H2,1-3H3. The number of carbonyl (C=O) groups is 1. The lowest BCUT2D eigenvalue weighted by Gasteiger charge is -2.30. The van der Waals surface area contributed by atoms with Crippen LogP contribution in [0.3, 0.4) is 0 Å². The van der Waals surface area contributed by atoms with Gasteiger partial charge in [0.15, 0.2) is 0 Å². The van der Waals surface area contributed by atoms with Gasteiger partial charge in [-0.15, -0.1) is 0 Å². The number of carbonyl (C=O) groups excluding carboxylic acids is 1. The molecule has 21 heavy (non-hydrogen) atoms. The van der Waals surface area contributed by atoms with Gasteiger partial charge in [0, 0.05) is 6.04 Å². The summed E-state index contributed by atoms with van der Waals surface area (Å²) in [5.41, 5.74) is 1.20. The molecule has 2 fully saturated rings. The molecule has 0 aromatic heterocycles. The van der Waals surface area contributed by atoms with Crippen molar-refractivity contribution in [2.45, 2.75) is 58.3 Å². The van der Waals surface area contributed by atoms with E-state index in [1.807, 2.05) is 6.07 Å². The lowest BCUT2D eigenvalue weighted by atomic mass is 10.0. The molecule has 4 unspecified atom stereocenters. The minimum Gasteiger partial charge on any atom is -0.319 e. The number of hydrogen-bond acceptors (Lipinski definition) is 2. The molecular formula is C18H26N2O. The van der Waals surface area contributed by atoms with Crippen molar-refractivity contribution in [1.29, 1.82) is 0 Å². The zero-order valence-corrected chi connectivity index (χ0v) is 13.3. The Kier molecular flexibility index (Phi) is 4.03. The van der Waals surface area contributed by atoms with Gasteiger partial charge in [-0.3, -0.25) is 10.1 Å². The molecule has 114 valence electrons. The van der Waals surface area contributed by atoms with Gasteiger partial charge < -0.3 is 4.90 Å². The van der Waals surface area contributed by atoms with E-state index in [2.05, 4.69) is 55.3 Å². The summed E-state index contributed by atoms with van der Waals surface area (Å²) in [6, 6.07) is 10.7.